The monoisotopic (exact) mass is 284 g/mol. The summed E-state index contributed by atoms with van der Waals surface area (Å²) in [7, 11) is 1.55. The van der Waals surface area contributed by atoms with Gasteiger partial charge in [-0.15, -0.1) is 0 Å². The van der Waals surface area contributed by atoms with Crippen LogP contribution in [0.1, 0.15) is 22.0 Å². The number of para-hydroxylation sites is 1. The number of ether oxygens (including phenoxy) is 2. The van der Waals surface area contributed by atoms with Gasteiger partial charge in [0.25, 0.3) is 5.91 Å². The third kappa shape index (κ3) is 2.50. The molecule has 1 heterocycles. The lowest BCUT2D eigenvalue weighted by atomic mass is 10.1. The molecule has 1 unspecified atom stereocenters. The Morgan fingerprint density at radius 2 is 2.14 bits per heavy atom. The zero-order valence-electron chi connectivity index (χ0n) is 11.6. The molecule has 0 saturated carbocycles. The molecule has 108 valence electrons. The van der Waals surface area contributed by atoms with Gasteiger partial charge in [0.1, 0.15) is 18.1 Å². The van der Waals surface area contributed by atoms with E-state index in [2.05, 4.69) is 5.32 Å². The number of benzene rings is 2. The Morgan fingerprint density at radius 1 is 1.33 bits per heavy atom. The van der Waals surface area contributed by atoms with Crippen LogP contribution in [0.5, 0.6) is 11.5 Å². The van der Waals surface area contributed by atoms with Gasteiger partial charge in [0.05, 0.1) is 18.7 Å². The van der Waals surface area contributed by atoms with E-state index < -0.39 is 0 Å². The van der Waals surface area contributed by atoms with Gasteiger partial charge in [0.15, 0.2) is 0 Å². The van der Waals surface area contributed by atoms with E-state index in [9.17, 15) is 4.79 Å². The molecule has 0 bridgehead atoms. The largest absolute Gasteiger partial charge is 0.497 e. The van der Waals surface area contributed by atoms with E-state index in [1.54, 1.807) is 25.3 Å². The Labute approximate surface area is 122 Å². The highest BCUT2D eigenvalue weighted by molar-refractivity contribution is 5.99. The van der Waals surface area contributed by atoms with E-state index in [1.807, 2.05) is 24.3 Å². The second-order valence-corrected chi connectivity index (χ2v) is 4.83. The van der Waals surface area contributed by atoms with Gasteiger partial charge in [-0.1, -0.05) is 18.2 Å². The van der Waals surface area contributed by atoms with Crippen molar-refractivity contribution in [2.75, 3.05) is 19.5 Å². The van der Waals surface area contributed by atoms with Crippen LogP contribution >= 0.6 is 0 Å². The van der Waals surface area contributed by atoms with E-state index in [0.717, 1.165) is 11.3 Å². The molecule has 2 aromatic carbocycles. The van der Waals surface area contributed by atoms with Crippen molar-refractivity contribution in [1.29, 1.82) is 0 Å². The van der Waals surface area contributed by atoms with Crippen LogP contribution in [-0.4, -0.2) is 19.6 Å². The van der Waals surface area contributed by atoms with Gasteiger partial charge in [-0.3, -0.25) is 4.79 Å². The molecule has 21 heavy (non-hydrogen) atoms. The fraction of sp³-hybridized carbons (Fsp3) is 0.188. The van der Waals surface area contributed by atoms with Crippen LogP contribution in [0.3, 0.4) is 0 Å². The van der Waals surface area contributed by atoms with Crippen molar-refractivity contribution < 1.29 is 14.3 Å². The standard InChI is InChI=1S/C16H16N2O3/c1-20-10-6-7-13(17)12(8-10)16(19)18-14-9-21-15-5-3-2-4-11(14)15/h2-8,14H,9,17H2,1H3,(H,18,19). The highest BCUT2D eigenvalue weighted by atomic mass is 16.5. The average molecular weight is 284 g/mol. The summed E-state index contributed by atoms with van der Waals surface area (Å²) in [5, 5.41) is 2.94. The first-order valence-electron chi connectivity index (χ1n) is 6.65. The molecule has 3 N–H and O–H groups in total. The predicted molar refractivity (Wildman–Crippen MR) is 79.6 cm³/mol. The molecular weight excluding hydrogens is 268 g/mol. The molecule has 0 spiro atoms. The SMILES string of the molecule is COc1ccc(N)c(C(=O)NC2COc3ccccc32)c1. The highest BCUT2D eigenvalue weighted by Crippen LogP contribution is 2.32. The molecule has 5 nitrogen and oxygen atoms in total. The second-order valence-electron chi connectivity index (χ2n) is 4.83. The molecule has 0 radical (unpaired) electrons. The number of rotatable bonds is 3. The Balaban J connectivity index is 1.82. The Kier molecular flexibility index (Phi) is 3.39. The normalized spacial score (nSPS) is 16.0. The van der Waals surface area contributed by atoms with Gasteiger partial charge in [-0.2, -0.15) is 0 Å². The number of anilines is 1. The molecule has 1 atom stereocenters. The maximum Gasteiger partial charge on any atom is 0.254 e. The number of hydrogen-bond acceptors (Lipinski definition) is 4. The minimum Gasteiger partial charge on any atom is -0.497 e. The number of methoxy groups -OCH3 is 1. The van der Waals surface area contributed by atoms with Gasteiger partial charge in [0, 0.05) is 11.3 Å². The topological polar surface area (TPSA) is 73.6 Å². The third-order valence-electron chi connectivity index (χ3n) is 3.51. The Morgan fingerprint density at radius 3 is 2.95 bits per heavy atom. The van der Waals surface area contributed by atoms with Crippen molar-refractivity contribution >= 4 is 11.6 Å². The lowest BCUT2D eigenvalue weighted by molar-refractivity contribution is 0.0931. The number of carbonyl (C=O) groups is 1. The zero-order chi connectivity index (χ0) is 14.8. The van der Waals surface area contributed by atoms with Crippen molar-refractivity contribution in [3.05, 3.63) is 53.6 Å². The first-order chi connectivity index (χ1) is 10.2. The van der Waals surface area contributed by atoms with Gasteiger partial charge in [0.2, 0.25) is 0 Å². The zero-order valence-corrected chi connectivity index (χ0v) is 11.6. The predicted octanol–water partition coefficient (Wildman–Crippen LogP) is 2.14. The van der Waals surface area contributed by atoms with Crippen molar-refractivity contribution in [1.82, 2.24) is 5.32 Å². The summed E-state index contributed by atoms with van der Waals surface area (Å²) in [5.41, 5.74) is 7.66. The molecule has 0 aromatic heterocycles. The van der Waals surface area contributed by atoms with Gasteiger partial charge < -0.3 is 20.5 Å². The molecule has 3 rings (SSSR count). The first kappa shape index (κ1) is 13.3. The Bertz CT molecular complexity index is 685. The van der Waals surface area contributed by atoms with Crippen molar-refractivity contribution in [2.45, 2.75) is 6.04 Å². The van der Waals surface area contributed by atoms with Crippen LogP contribution in [0.4, 0.5) is 5.69 Å². The van der Waals surface area contributed by atoms with Crippen LogP contribution in [0, 0.1) is 0 Å². The summed E-state index contributed by atoms with van der Waals surface area (Å²) in [5.74, 6) is 1.16. The van der Waals surface area contributed by atoms with E-state index in [1.165, 1.54) is 0 Å². The fourth-order valence-corrected chi connectivity index (χ4v) is 2.38. The highest BCUT2D eigenvalue weighted by Gasteiger charge is 2.26. The molecular formula is C16H16N2O3. The number of carbonyl (C=O) groups excluding carboxylic acids is 1. The summed E-state index contributed by atoms with van der Waals surface area (Å²) in [6.45, 7) is 0.426. The van der Waals surface area contributed by atoms with Crippen molar-refractivity contribution in [2.24, 2.45) is 0 Å². The number of amides is 1. The molecule has 5 heteroatoms. The van der Waals surface area contributed by atoms with Gasteiger partial charge in [-0.05, 0) is 24.3 Å². The molecule has 2 aromatic rings. The number of nitrogen functional groups attached to an aromatic ring is 1. The van der Waals surface area contributed by atoms with Crippen molar-refractivity contribution in [3.63, 3.8) is 0 Å². The summed E-state index contributed by atoms with van der Waals surface area (Å²) in [6.07, 6.45) is 0. The van der Waals surface area contributed by atoms with Crippen LogP contribution in [0.15, 0.2) is 42.5 Å². The summed E-state index contributed by atoms with van der Waals surface area (Å²) in [4.78, 5) is 12.4. The fourth-order valence-electron chi connectivity index (χ4n) is 2.38. The molecule has 0 aliphatic carbocycles. The van der Waals surface area contributed by atoms with E-state index in [4.69, 9.17) is 15.2 Å². The minimum absolute atomic E-state index is 0.167. The summed E-state index contributed by atoms with van der Waals surface area (Å²) in [6, 6.07) is 12.5. The molecule has 0 saturated heterocycles. The average Bonchev–Trinajstić information content (AvgIpc) is 2.91. The summed E-state index contributed by atoms with van der Waals surface area (Å²) < 4.78 is 10.7. The summed E-state index contributed by atoms with van der Waals surface area (Å²) >= 11 is 0. The third-order valence-corrected chi connectivity index (χ3v) is 3.51. The van der Waals surface area contributed by atoms with E-state index >= 15 is 0 Å². The van der Waals surface area contributed by atoms with Gasteiger partial charge in [-0.25, -0.2) is 0 Å². The molecule has 0 fully saturated rings. The van der Waals surface area contributed by atoms with Crippen LogP contribution in [-0.2, 0) is 0 Å². The van der Waals surface area contributed by atoms with E-state index in [0.29, 0.717) is 23.6 Å². The minimum atomic E-state index is -0.239. The number of nitrogens with one attached hydrogen (secondary N) is 1. The lowest BCUT2D eigenvalue weighted by Crippen LogP contribution is -2.30. The van der Waals surface area contributed by atoms with Crippen molar-refractivity contribution in [3.8, 4) is 11.5 Å². The van der Waals surface area contributed by atoms with Crippen LogP contribution in [0.25, 0.3) is 0 Å². The maximum absolute atomic E-state index is 12.4. The number of nitrogens with two attached hydrogens (primary N) is 1. The first-order valence-corrected chi connectivity index (χ1v) is 6.65. The van der Waals surface area contributed by atoms with Gasteiger partial charge >= 0.3 is 0 Å². The van der Waals surface area contributed by atoms with Crippen LogP contribution < -0.4 is 20.5 Å². The maximum atomic E-state index is 12.4. The smallest absolute Gasteiger partial charge is 0.254 e. The Hall–Kier alpha value is -2.69. The second kappa shape index (κ2) is 5.36. The molecule has 1 amide bonds. The molecule has 1 aliphatic heterocycles. The quantitative estimate of drug-likeness (QED) is 0.847. The number of hydrogen-bond donors (Lipinski definition) is 2. The lowest BCUT2D eigenvalue weighted by Gasteiger charge is -2.13. The van der Waals surface area contributed by atoms with E-state index in [-0.39, 0.29) is 11.9 Å². The van der Waals surface area contributed by atoms with Crippen LogP contribution in [0.2, 0.25) is 0 Å². The molecule has 1 aliphatic rings. The number of fused-ring (bicyclic) bond motifs is 1.